The normalized spacial score (nSPS) is 14.6. The fourth-order valence-electron chi connectivity index (χ4n) is 2.61. The molecule has 1 aliphatic heterocycles. The number of ketones is 1. The lowest BCUT2D eigenvalue weighted by Crippen LogP contribution is -2.35. The van der Waals surface area contributed by atoms with Crippen LogP contribution in [0.15, 0.2) is 0 Å². The maximum atomic E-state index is 12.5. The Kier molecular flexibility index (Phi) is 4.44. The second kappa shape index (κ2) is 6.13. The molecule has 0 saturated carbocycles. The van der Waals surface area contributed by atoms with Crippen LogP contribution < -0.4 is 0 Å². The first-order valence-electron chi connectivity index (χ1n) is 7.09. The maximum absolute atomic E-state index is 12.5. The summed E-state index contributed by atoms with van der Waals surface area (Å²) in [5.41, 5.74) is 1.40. The molecule has 0 aliphatic carbocycles. The minimum absolute atomic E-state index is 0.127. The number of ether oxygens (including phenoxy) is 1. The van der Waals surface area contributed by atoms with E-state index in [1.807, 2.05) is 0 Å². The lowest BCUT2D eigenvalue weighted by molar-refractivity contribution is -0.137. The van der Waals surface area contributed by atoms with Crippen LogP contribution in [0.4, 0.5) is 0 Å². The minimum atomic E-state index is -0.591. The van der Waals surface area contributed by atoms with Crippen LogP contribution in [0.1, 0.15) is 51.9 Å². The quantitative estimate of drug-likeness (QED) is 0.500. The summed E-state index contributed by atoms with van der Waals surface area (Å²) < 4.78 is 4.97. The van der Waals surface area contributed by atoms with Crippen LogP contribution in [0.25, 0.3) is 0 Å². The summed E-state index contributed by atoms with van der Waals surface area (Å²) >= 11 is 0. The monoisotopic (exact) mass is 306 g/mol. The molecule has 1 aromatic heterocycles. The van der Waals surface area contributed by atoms with E-state index >= 15 is 0 Å². The highest BCUT2D eigenvalue weighted by Crippen LogP contribution is 2.22. The molecule has 7 heteroatoms. The van der Waals surface area contributed by atoms with E-state index in [-0.39, 0.29) is 48.9 Å². The number of imide groups is 1. The summed E-state index contributed by atoms with van der Waals surface area (Å²) in [6.07, 6.45) is 0.254. The van der Waals surface area contributed by atoms with Crippen molar-refractivity contribution in [2.75, 3.05) is 13.2 Å². The van der Waals surface area contributed by atoms with Crippen LogP contribution in [-0.4, -0.2) is 46.6 Å². The molecule has 0 aromatic carbocycles. The highest BCUT2D eigenvalue weighted by molar-refractivity contribution is 6.12. The van der Waals surface area contributed by atoms with Gasteiger partial charge in [-0.2, -0.15) is 0 Å². The molecule has 2 heterocycles. The largest absolute Gasteiger partial charge is 0.462 e. The summed E-state index contributed by atoms with van der Waals surface area (Å²) in [6.45, 7) is 4.86. The number of nitrogens with one attached hydrogen (secondary N) is 1. The van der Waals surface area contributed by atoms with E-state index in [2.05, 4.69) is 4.98 Å². The van der Waals surface area contributed by atoms with E-state index in [0.717, 1.165) is 4.90 Å². The molecular weight excluding hydrogens is 288 g/mol. The SMILES string of the molecule is CCOC(=O)c1c(C)[nH]c(C)c1C(=O)CN1C(=O)CCC1=O. The fourth-order valence-corrected chi connectivity index (χ4v) is 2.61. The van der Waals surface area contributed by atoms with Crippen LogP contribution in [0.3, 0.4) is 0 Å². The number of esters is 1. The van der Waals surface area contributed by atoms with Gasteiger partial charge in [0.05, 0.1) is 24.3 Å². The maximum Gasteiger partial charge on any atom is 0.340 e. The zero-order valence-electron chi connectivity index (χ0n) is 12.8. The topological polar surface area (TPSA) is 96.5 Å². The molecule has 2 rings (SSSR count). The van der Waals surface area contributed by atoms with E-state index in [1.165, 1.54) is 0 Å². The first kappa shape index (κ1) is 15.9. The molecule has 0 radical (unpaired) electrons. The molecule has 1 fully saturated rings. The van der Waals surface area contributed by atoms with Crippen molar-refractivity contribution >= 4 is 23.6 Å². The molecule has 0 atom stereocenters. The van der Waals surface area contributed by atoms with Crippen molar-refractivity contribution in [2.45, 2.75) is 33.6 Å². The number of nitrogens with zero attached hydrogens (tertiary/aromatic N) is 1. The van der Waals surface area contributed by atoms with E-state index in [0.29, 0.717) is 11.4 Å². The lowest BCUT2D eigenvalue weighted by atomic mass is 10.0. The van der Waals surface area contributed by atoms with Crippen LogP contribution >= 0.6 is 0 Å². The van der Waals surface area contributed by atoms with Gasteiger partial charge in [-0.25, -0.2) is 4.79 Å². The summed E-state index contributed by atoms with van der Waals surface area (Å²) in [4.78, 5) is 51.6. The Morgan fingerprint density at radius 3 is 2.18 bits per heavy atom. The third-order valence-electron chi connectivity index (χ3n) is 3.59. The van der Waals surface area contributed by atoms with Gasteiger partial charge >= 0.3 is 5.97 Å². The van der Waals surface area contributed by atoms with Crippen LogP contribution in [-0.2, 0) is 14.3 Å². The zero-order chi connectivity index (χ0) is 16.4. The summed E-state index contributed by atoms with van der Waals surface area (Å²) in [7, 11) is 0. The Balaban J connectivity index is 2.31. The minimum Gasteiger partial charge on any atom is -0.462 e. The predicted molar refractivity (Wildman–Crippen MR) is 76.5 cm³/mol. The van der Waals surface area contributed by atoms with Gasteiger partial charge < -0.3 is 9.72 Å². The second-order valence-corrected chi connectivity index (χ2v) is 5.14. The number of aryl methyl sites for hydroxylation is 2. The van der Waals surface area contributed by atoms with Gasteiger partial charge in [-0.05, 0) is 20.8 Å². The number of likely N-dealkylation sites (tertiary alicyclic amines) is 1. The molecule has 2 amide bonds. The van der Waals surface area contributed by atoms with Gasteiger partial charge in [-0.3, -0.25) is 19.3 Å². The Morgan fingerprint density at radius 2 is 1.64 bits per heavy atom. The highest BCUT2D eigenvalue weighted by atomic mass is 16.5. The second-order valence-electron chi connectivity index (χ2n) is 5.14. The van der Waals surface area contributed by atoms with Gasteiger partial charge in [-0.15, -0.1) is 0 Å². The molecule has 1 saturated heterocycles. The number of aromatic nitrogens is 1. The molecule has 0 spiro atoms. The molecule has 1 aromatic rings. The van der Waals surface area contributed by atoms with Crippen LogP contribution in [0.2, 0.25) is 0 Å². The number of aromatic amines is 1. The number of carbonyl (C=O) groups excluding carboxylic acids is 4. The average molecular weight is 306 g/mol. The number of Topliss-reactive ketones (excluding diaryl/α,β-unsaturated/α-hetero) is 1. The van der Waals surface area contributed by atoms with Gasteiger partial charge in [0.15, 0.2) is 5.78 Å². The number of rotatable bonds is 5. The van der Waals surface area contributed by atoms with E-state index in [4.69, 9.17) is 4.74 Å². The van der Waals surface area contributed by atoms with E-state index in [1.54, 1.807) is 20.8 Å². The van der Waals surface area contributed by atoms with E-state index < -0.39 is 11.8 Å². The number of carbonyl (C=O) groups is 4. The van der Waals surface area contributed by atoms with Gasteiger partial charge in [0.25, 0.3) is 0 Å². The zero-order valence-corrected chi connectivity index (χ0v) is 12.8. The van der Waals surface area contributed by atoms with Gasteiger partial charge in [0.2, 0.25) is 11.8 Å². The first-order chi connectivity index (χ1) is 10.4. The Labute approximate surface area is 127 Å². The Morgan fingerprint density at radius 1 is 1.09 bits per heavy atom. The van der Waals surface area contributed by atoms with Gasteiger partial charge in [0, 0.05) is 24.2 Å². The number of hydrogen-bond acceptors (Lipinski definition) is 5. The first-order valence-corrected chi connectivity index (χ1v) is 7.09. The van der Waals surface area contributed by atoms with Crippen molar-refractivity contribution in [1.29, 1.82) is 0 Å². The molecule has 22 heavy (non-hydrogen) atoms. The molecule has 1 aliphatic rings. The third kappa shape index (κ3) is 2.79. The molecule has 118 valence electrons. The smallest absolute Gasteiger partial charge is 0.340 e. The predicted octanol–water partition coefficient (Wildman–Crippen LogP) is 1.14. The van der Waals surface area contributed by atoms with Crippen LogP contribution in [0.5, 0.6) is 0 Å². The van der Waals surface area contributed by atoms with E-state index in [9.17, 15) is 19.2 Å². The van der Waals surface area contributed by atoms with Crippen molar-refractivity contribution in [3.63, 3.8) is 0 Å². The molecule has 0 unspecified atom stereocenters. The fraction of sp³-hybridized carbons (Fsp3) is 0.467. The van der Waals surface area contributed by atoms with Crippen molar-refractivity contribution in [2.24, 2.45) is 0 Å². The van der Waals surface area contributed by atoms with Crippen molar-refractivity contribution in [3.05, 3.63) is 22.5 Å². The molecule has 7 nitrogen and oxygen atoms in total. The number of hydrogen-bond donors (Lipinski definition) is 1. The van der Waals surface area contributed by atoms with Crippen molar-refractivity contribution < 1.29 is 23.9 Å². The Hall–Kier alpha value is -2.44. The number of H-pyrrole nitrogens is 1. The van der Waals surface area contributed by atoms with Crippen LogP contribution in [0, 0.1) is 13.8 Å². The molecular formula is C15H18N2O5. The van der Waals surface area contributed by atoms with Crippen molar-refractivity contribution in [3.8, 4) is 0 Å². The van der Waals surface area contributed by atoms with Crippen molar-refractivity contribution in [1.82, 2.24) is 9.88 Å². The molecule has 0 bridgehead atoms. The van der Waals surface area contributed by atoms with Gasteiger partial charge in [0.1, 0.15) is 0 Å². The summed E-state index contributed by atoms with van der Waals surface area (Å²) in [5.74, 6) is -1.76. The Bertz CT molecular complexity index is 643. The lowest BCUT2D eigenvalue weighted by Gasteiger charge is -2.13. The molecule has 1 N–H and O–H groups in total. The standard InChI is InChI=1S/C15H18N2O5/c1-4-22-15(21)14-9(3)16-8(2)13(14)10(18)7-17-11(19)5-6-12(17)20/h16H,4-7H2,1-3H3. The summed E-state index contributed by atoms with van der Waals surface area (Å²) in [6, 6.07) is 0. The summed E-state index contributed by atoms with van der Waals surface area (Å²) in [5, 5.41) is 0. The highest BCUT2D eigenvalue weighted by Gasteiger charge is 2.33. The number of amides is 2. The van der Waals surface area contributed by atoms with Gasteiger partial charge in [-0.1, -0.05) is 0 Å². The third-order valence-corrected chi connectivity index (χ3v) is 3.59. The average Bonchev–Trinajstić information content (AvgIpc) is 2.91.